The first kappa shape index (κ1) is 25.8. The third-order valence-electron chi connectivity index (χ3n) is 5.37. The molecule has 0 saturated carbocycles. The summed E-state index contributed by atoms with van der Waals surface area (Å²) in [5.41, 5.74) is 1.13. The van der Waals surface area contributed by atoms with Crippen molar-refractivity contribution in [2.45, 2.75) is 38.8 Å². The number of rotatable bonds is 8. The number of halogens is 1. The topological polar surface area (TPSA) is 99.5 Å². The summed E-state index contributed by atoms with van der Waals surface area (Å²) in [7, 11) is 3.33. The van der Waals surface area contributed by atoms with Gasteiger partial charge in [-0.15, -0.1) is 11.3 Å². The van der Waals surface area contributed by atoms with E-state index in [0.717, 1.165) is 16.1 Å². The number of nitrogens with one attached hydrogen (secondary N) is 1. The lowest BCUT2D eigenvalue weighted by atomic mass is 10.0. The van der Waals surface area contributed by atoms with Gasteiger partial charge in [0.05, 0.1) is 28.2 Å². The van der Waals surface area contributed by atoms with Crippen LogP contribution in [0.25, 0.3) is 10.6 Å². The van der Waals surface area contributed by atoms with Gasteiger partial charge in [-0.25, -0.2) is 0 Å². The van der Waals surface area contributed by atoms with Crippen molar-refractivity contribution in [2.75, 3.05) is 13.7 Å². The van der Waals surface area contributed by atoms with E-state index >= 15 is 0 Å². The van der Waals surface area contributed by atoms with Gasteiger partial charge in [-0.2, -0.15) is 5.10 Å². The summed E-state index contributed by atoms with van der Waals surface area (Å²) in [6.07, 6.45) is 0.857. The average molecular weight is 548 g/mol. The molecule has 8 nitrogen and oxygen atoms in total. The average Bonchev–Trinajstić information content (AvgIpc) is 3.33. The molecule has 0 aliphatic carbocycles. The van der Waals surface area contributed by atoms with Crippen molar-refractivity contribution >= 4 is 39.3 Å². The minimum absolute atomic E-state index is 0.0793. The molecule has 1 atom stereocenters. The van der Waals surface area contributed by atoms with Crippen molar-refractivity contribution in [3.8, 4) is 16.3 Å². The molecule has 10 heteroatoms. The molecule has 1 N–H and O–H groups in total. The molecule has 0 saturated heterocycles. The second kappa shape index (κ2) is 10.6. The third-order valence-corrected chi connectivity index (χ3v) is 7.58. The van der Waals surface area contributed by atoms with Crippen molar-refractivity contribution in [3.05, 3.63) is 57.5 Å². The summed E-state index contributed by atoms with van der Waals surface area (Å²) in [5, 5.41) is 19.1. The molecule has 34 heavy (non-hydrogen) atoms. The van der Waals surface area contributed by atoms with Crippen LogP contribution in [-0.4, -0.2) is 51.9 Å². The van der Waals surface area contributed by atoms with Crippen LogP contribution >= 0.6 is 27.3 Å². The smallest absolute Gasteiger partial charge is 0.265 e. The Morgan fingerprint density at radius 3 is 2.47 bits per heavy atom. The van der Waals surface area contributed by atoms with E-state index in [1.54, 1.807) is 31.6 Å². The lowest BCUT2D eigenvalue weighted by Crippen LogP contribution is -2.57. The molecule has 182 valence electrons. The standard InChI is InChI=1S/C24H29BrN4O4S/c1-24(2,3)29(23(31)32)14-16(13-15-9-7-6-8-10-15)27-22(30)21-19(33-5)18(25)20(34-21)17-11-12-26-28(17)4/h6-12,16H,13-14H2,1-5H3,(H,27,30)(H,31,32)/p-1. The zero-order valence-electron chi connectivity index (χ0n) is 19.8. The normalized spacial score (nSPS) is 12.3. The van der Waals surface area contributed by atoms with Crippen LogP contribution in [0.2, 0.25) is 0 Å². The lowest BCUT2D eigenvalue weighted by molar-refractivity contribution is -0.270. The van der Waals surface area contributed by atoms with Crippen LogP contribution in [0.5, 0.6) is 5.75 Å². The van der Waals surface area contributed by atoms with Crippen molar-refractivity contribution in [1.29, 1.82) is 0 Å². The minimum Gasteiger partial charge on any atom is -0.530 e. The Balaban J connectivity index is 1.93. The molecule has 0 spiro atoms. The molecule has 3 rings (SSSR count). The summed E-state index contributed by atoms with van der Waals surface area (Å²) < 4.78 is 7.93. The number of carboxylic acid groups (broad SMARTS) is 1. The van der Waals surface area contributed by atoms with E-state index < -0.39 is 17.7 Å². The zero-order chi connectivity index (χ0) is 25.0. The van der Waals surface area contributed by atoms with Gasteiger partial charge in [0, 0.05) is 25.3 Å². The Kier molecular flexibility index (Phi) is 8.04. The number of methoxy groups -OCH3 is 1. The van der Waals surface area contributed by atoms with E-state index in [0.29, 0.717) is 21.5 Å². The molecule has 1 aromatic carbocycles. The Morgan fingerprint density at radius 1 is 1.26 bits per heavy atom. The molecule has 2 amide bonds. The Morgan fingerprint density at radius 2 is 1.94 bits per heavy atom. The second-order valence-electron chi connectivity index (χ2n) is 8.86. The van der Waals surface area contributed by atoms with Gasteiger partial charge in [-0.1, -0.05) is 30.3 Å². The first-order chi connectivity index (χ1) is 16.0. The monoisotopic (exact) mass is 547 g/mol. The highest BCUT2D eigenvalue weighted by Gasteiger charge is 2.29. The fourth-order valence-corrected chi connectivity index (χ4v) is 5.70. The molecule has 0 aliphatic heterocycles. The summed E-state index contributed by atoms with van der Waals surface area (Å²) >= 11 is 4.84. The summed E-state index contributed by atoms with van der Waals surface area (Å²) in [6, 6.07) is 11.0. The highest BCUT2D eigenvalue weighted by molar-refractivity contribution is 9.10. The molecule has 0 fully saturated rings. The first-order valence-electron chi connectivity index (χ1n) is 10.7. The van der Waals surface area contributed by atoms with E-state index in [2.05, 4.69) is 26.3 Å². The van der Waals surface area contributed by atoms with Crippen molar-refractivity contribution in [2.24, 2.45) is 7.05 Å². The SMILES string of the molecule is COc1c(C(=O)NC(Cc2ccccc2)CN(C(=O)[O-])C(C)(C)C)sc(-c2ccnn2C)c1Br. The van der Waals surface area contributed by atoms with E-state index in [1.165, 1.54) is 23.3 Å². The van der Waals surface area contributed by atoms with Crippen molar-refractivity contribution in [1.82, 2.24) is 20.0 Å². The number of carbonyl (C=O) groups is 2. The van der Waals surface area contributed by atoms with Gasteiger partial charge in [-0.3, -0.25) is 9.48 Å². The zero-order valence-corrected chi connectivity index (χ0v) is 22.2. The predicted molar refractivity (Wildman–Crippen MR) is 134 cm³/mol. The van der Waals surface area contributed by atoms with Crippen LogP contribution < -0.4 is 15.2 Å². The van der Waals surface area contributed by atoms with Crippen LogP contribution in [0.15, 0.2) is 47.1 Å². The summed E-state index contributed by atoms with van der Waals surface area (Å²) in [6.45, 7) is 5.47. The molecule has 1 unspecified atom stereocenters. The molecule has 2 aromatic heterocycles. The maximum atomic E-state index is 13.4. The van der Waals surface area contributed by atoms with Crippen LogP contribution in [0.1, 0.15) is 36.0 Å². The largest absolute Gasteiger partial charge is 0.530 e. The number of hydrogen-bond donors (Lipinski definition) is 1. The minimum atomic E-state index is -1.28. The van der Waals surface area contributed by atoms with E-state index in [4.69, 9.17) is 4.74 Å². The van der Waals surface area contributed by atoms with Crippen LogP contribution in [0, 0.1) is 0 Å². The lowest BCUT2D eigenvalue weighted by Gasteiger charge is -2.40. The number of thiophene rings is 1. The van der Waals surface area contributed by atoms with Gasteiger partial charge in [-0.05, 0) is 54.8 Å². The number of aryl methyl sites for hydroxylation is 1. The number of amides is 2. The maximum Gasteiger partial charge on any atom is 0.265 e. The second-order valence-corrected chi connectivity index (χ2v) is 10.7. The Labute approximate surface area is 211 Å². The molecule has 0 bridgehead atoms. The fraction of sp³-hybridized carbons (Fsp3) is 0.375. The molecule has 0 aliphatic rings. The predicted octanol–water partition coefficient (Wildman–Crippen LogP) is 3.70. The highest BCUT2D eigenvalue weighted by Crippen LogP contribution is 2.45. The molecular formula is C24H28BrN4O4S-. The molecule has 2 heterocycles. The van der Waals surface area contributed by atoms with E-state index in [9.17, 15) is 14.7 Å². The first-order valence-corrected chi connectivity index (χ1v) is 12.3. The highest BCUT2D eigenvalue weighted by atomic mass is 79.9. The van der Waals surface area contributed by atoms with Gasteiger partial charge >= 0.3 is 0 Å². The van der Waals surface area contributed by atoms with Crippen LogP contribution in [0.4, 0.5) is 4.79 Å². The van der Waals surface area contributed by atoms with Crippen LogP contribution in [-0.2, 0) is 13.5 Å². The number of benzene rings is 1. The number of aromatic nitrogens is 2. The summed E-state index contributed by atoms with van der Waals surface area (Å²) in [5.74, 6) is 0.0776. The molecule has 0 radical (unpaired) electrons. The quantitative estimate of drug-likeness (QED) is 0.463. The summed E-state index contributed by atoms with van der Waals surface area (Å²) in [4.78, 5) is 27.8. The number of ether oxygens (including phenoxy) is 1. The molecule has 3 aromatic rings. The fourth-order valence-electron chi connectivity index (χ4n) is 3.64. The number of nitrogens with zero attached hydrogens (tertiary/aromatic N) is 3. The van der Waals surface area contributed by atoms with Gasteiger partial charge in [0.2, 0.25) is 0 Å². The Bertz CT molecular complexity index is 1150. The van der Waals surface area contributed by atoms with Gasteiger partial charge < -0.3 is 24.9 Å². The molecular weight excluding hydrogens is 520 g/mol. The van der Waals surface area contributed by atoms with E-state index in [-0.39, 0.29) is 12.5 Å². The number of carbonyl (C=O) groups excluding carboxylic acids is 2. The van der Waals surface area contributed by atoms with Crippen molar-refractivity contribution in [3.63, 3.8) is 0 Å². The van der Waals surface area contributed by atoms with Crippen LogP contribution in [0.3, 0.4) is 0 Å². The maximum absolute atomic E-state index is 13.4. The van der Waals surface area contributed by atoms with E-state index in [1.807, 2.05) is 43.4 Å². The Hall–Kier alpha value is -2.85. The third kappa shape index (κ3) is 5.79. The van der Waals surface area contributed by atoms with Crippen molar-refractivity contribution < 1.29 is 19.4 Å². The van der Waals surface area contributed by atoms with Gasteiger partial charge in [0.1, 0.15) is 11.0 Å². The number of hydrogen-bond acceptors (Lipinski definition) is 6. The van der Waals surface area contributed by atoms with Gasteiger partial charge in [0.25, 0.3) is 5.91 Å². The van der Waals surface area contributed by atoms with Gasteiger partial charge in [0.15, 0.2) is 5.75 Å².